The van der Waals surface area contributed by atoms with E-state index in [1.54, 1.807) is 24.0 Å². The Labute approximate surface area is 252 Å². The number of hydrogen-bond donors (Lipinski definition) is 2. The molecule has 1 spiro atoms. The van der Waals surface area contributed by atoms with Crippen LogP contribution in [0.15, 0.2) is 25.3 Å². The Kier molecular flexibility index (Phi) is 10.5. The minimum absolute atomic E-state index is 0.122. The Morgan fingerprint density at radius 3 is 2.46 bits per heavy atom. The van der Waals surface area contributed by atoms with Crippen LogP contribution in [0.2, 0.25) is 0 Å². The maximum atomic E-state index is 14.4. The van der Waals surface area contributed by atoms with Gasteiger partial charge in [0.15, 0.2) is 0 Å². The second-order valence-electron chi connectivity index (χ2n) is 12.7. The van der Waals surface area contributed by atoms with Gasteiger partial charge in [-0.15, -0.1) is 13.2 Å². The molecule has 3 fully saturated rings. The molecular weight excluding hydrogens is 594 g/mol. The van der Waals surface area contributed by atoms with Crippen LogP contribution < -0.4 is 5.32 Å². The first-order valence-corrected chi connectivity index (χ1v) is 15.3. The molecule has 3 aliphatic heterocycles. The largest absolute Gasteiger partial charge is 0.460 e. The van der Waals surface area contributed by atoms with Gasteiger partial charge in [-0.3, -0.25) is 19.2 Å². The molecule has 3 heterocycles. The van der Waals surface area contributed by atoms with Crippen LogP contribution in [0.5, 0.6) is 0 Å². The lowest BCUT2D eigenvalue weighted by Crippen LogP contribution is -2.62. The third-order valence-corrected chi connectivity index (χ3v) is 9.26. The molecule has 41 heavy (non-hydrogen) atoms. The van der Waals surface area contributed by atoms with Gasteiger partial charge in [0.2, 0.25) is 17.7 Å². The highest BCUT2D eigenvalue weighted by molar-refractivity contribution is 9.09. The molecule has 0 radical (unpaired) electrons. The van der Waals surface area contributed by atoms with Crippen molar-refractivity contribution in [2.45, 2.75) is 101 Å². The van der Waals surface area contributed by atoms with E-state index >= 15 is 0 Å². The number of allylic oxidation sites excluding steroid dienone is 1. The Morgan fingerprint density at radius 2 is 1.93 bits per heavy atom. The van der Waals surface area contributed by atoms with E-state index in [0.717, 1.165) is 0 Å². The topological polar surface area (TPSA) is 125 Å². The molecule has 3 saturated heterocycles. The quantitative estimate of drug-likeness (QED) is 0.180. The standard InChI is InChI=1S/C30H46BrN3O7/c1-9-11-12-21(36)32-15-18(5)40-28(39)22-23-26(37)34(20(16-35)17(3)4)25(30(23)14-19(31)24(22)41-30)27(38)33(13-10-2)29(6,7)8/h9-10,17-20,22-25,35H,1-2,11-16H2,3-8H3,(H,32,36)/t18-,19?,20-,22-,23+,24-,25-,30+/m0/s1. The summed E-state index contributed by atoms with van der Waals surface area (Å²) in [7, 11) is 0. The number of amides is 3. The van der Waals surface area contributed by atoms with E-state index in [2.05, 4.69) is 34.4 Å². The number of fused-ring (bicyclic) bond motifs is 1. The molecule has 0 aromatic carbocycles. The SMILES string of the molecule is C=CCCC(=O)NC[C@H](C)OC(=O)[C@@H]1[C@H]2O[C@@]3(CC2Br)[C@H](C(=O)N(CC=C)C(C)(C)C)N([C@@H](CO)C(C)C)C(=O)[C@@H]13. The number of aliphatic hydroxyl groups excluding tert-OH is 1. The van der Waals surface area contributed by atoms with Gasteiger partial charge >= 0.3 is 5.97 Å². The van der Waals surface area contributed by atoms with Gasteiger partial charge in [0.1, 0.15) is 17.7 Å². The van der Waals surface area contributed by atoms with Gasteiger partial charge in [-0.05, 0) is 46.5 Å². The number of rotatable bonds is 13. The summed E-state index contributed by atoms with van der Waals surface area (Å²) in [6.07, 6.45) is 3.17. The molecule has 0 saturated carbocycles. The van der Waals surface area contributed by atoms with E-state index in [-0.39, 0.29) is 48.7 Å². The zero-order valence-electron chi connectivity index (χ0n) is 25.1. The normalized spacial score (nSPS) is 30.1. The fourth-order valence-corrected chi connectivity index (χ4v) is 7.41. The van der Waals surface area contributed by atoms with E-state index < -0.39 is 59.1 Å². The minimum Gasteiger partial charge on any atom is -0.460 e. The van der Waals surface area contributed by atoms with Crippen LogP contribution in [-0.2, 0) is 28.7 Å². The van der Waals surface area contributed by atoms with E-state index in [9.17, 15) is 24.3 Å². The number of nitrogens with zero attached hydrogens (tertiary/aromatic N) is 2. The van der Waals surface area contributed by atoms with Crippen molar-refractivity contribution >= 4 is 39.6 Å². The average Bonchev–Trinajstić information content (AvgIpc) is 3.47. The molecule has 0 aliphatic carbocycles. The summed E-state index contributed by atoms with van der Waals surface area (Å²) in [5.41, 5.74) is -1.86. The van der Waals surface area contributed by atoms with Crippen LogP contribution in [0.4, 0.5) is 0 Å². The second kappa shape index (κ2) is 13.0. The summed E-state index contributed by atoms with van der Waals surface area (Å²) in [4.78, 5) is 57.3. The number of carbonyl (C=O) groups is 4. The van der Waals surface area contributed by atoms with E-state index in [4.69, 9.17) is 9.47 Å². The van der Waals surface area contributed by atoms with Crippen molar-refractivity contribution < 1.29 is 33.8 Å². The van der Waals surface area contributed by atoms with Gasteiger partial charge < -0.3 is 29.7 Å². The molecule has 3 rings (SSSR count). The number of carbonyl (C=O) groups excluding carboxylic acids is 4. The molecule has 0 aromatic heterocycles. The zero-order chi connectivity index (χ0) is 30.9. The third kappa shape index (κ3) is 6.27. The van der Waals surface area contributed by atoms with Crippen molar-refractivity contribution in [3.8, 4) is 0 Å². The van der Waals surface area contributed by atoms with Crippen LogP contribution >= 0.6 is 15.9 Å². The number of hydrogen-bond acceptors (Lipinski definition) is 7. The van der Waals surface area contributed by atoms with Gasteiger partial charge in [0.25, 0.3) is 0 Å². The Bertz CT molecular complexity index is 1040. The highest BCUT2D eigenvalue weighted by Crippen LogP contribution is 2.61. The third-order valence-electron chi connectivity index (χ3n) is 8.41. The summed E-state index contributed by atoms with van der Waals surface area (Å²) < 4.78 is 12.3. The summed E-state index contributed by atoms with van der Waals surface area (Å²) in [6.45, 7) is 18.6. The Hall–Kier alpha value is -2.24. The molecule has 3 amide bonds. The number of esters is 1. The van der Waals surface area contributed by atoms with E-state index in [0.29, 0.717) is 12.8 Å². The Morgan fingerprint density at radius 1 is 1.27 bits per heavy atom. The van der Waals surface area contributed by atoms with Gasteiger partial charge in [-0.25, -0.2) is 0 Å². The van der Waals surface area contributed by atoms with Crippen molar-refractivity contribution in [1.29, 1.82) is 0 Å². The van der Waals surface area contributed by atoms with Crippen molar-refractivity contribution in [2.24, 2.45) is 17.8 Å². The van der Waals surface area contributed by atoms with Crippen LogP contribution in [0.1, 0.15) is 60.8 Å². The highest BCUT2D eigenvalue weighted by atomic mass is 79.9. The number of ether oxygens (including phenoxy) is 2. The van der Waals surface area contributed by atoms with Crippen LogP contribution in [0.3, 0.4) is 0 Å². The van der Waals surface area contributed by atoms with Gasteiger partial charge in [-0.1, -0.05) is 41.9 Å². The zero-order valence-corrected chi connectivity index (χ0v) is 26.7. The van der Waals surface area contributed by atoms with Gasteiger partial charge in [0.05, 0.1) is 37.1 Å². The summed E-state index contributed by atoms with van der Waals surface area (Å²) in [5.74, 6) is -3.54. The maximum absolute atomic E-state index is 14.4. The lowest BCUT2D eigenvalue weighted by Gasteiger charge is -2.44. The van der Waals surface area contributed by atoms with E-state index in [1.165, 1.54) is 4.90 Å². The molecule has 10 nitrogen and oxygen atoms in total. The smallest absolute Gasteiger partial charge is 0.312 e. The number of likely N-dealkylation sites (tertiary alicyclic amines) is 1. The molecular formula is C30H46BrN3O7. The Balaban J connectivity index is 1.98. The van der Waals surface area contributed by atoms with Crippen molar-refractivity contribution in [1.82, 2.24) is 15.1 Å². The molecule has 2 bridgehead atoms. The molecule has 230 valence electrons. The predicted octanol–water partition coefficient (Wildman–Crippen LogP) is 2.58. The molecule has 1 unspecified atom stereocenters. The number of nitrogens with one attached hydrogen (secondary N) is 1. The second-order valence-corrected chi connectivity index (χ2v) is 13.9. The summed E-state index contributed by atoms with van der Waals surface area (Å²) in [5, 5.41) is 13.1. The summed E-state index contributed by atoms with van der Waals surface area (Å²) >= 11 is 3.66. The molecule has 0 aromatic rings. The predicted molar refractivity (Wildman–Crippen MR) is 158 cm³/mol. The lowest BCUT2D eigenvalue weighted by atomic mass is 9.70. The first-order valence-electron chi connectivity index (χ1n) is 14.4. The average molecular weight is 641 g/mol. The van der Waals surface area contributed by atoms with Gasteiger partial charge in [-0.2, -0.15) is 0 Å². The van der Waals surface area contributed by atoms with Gasteiger partial charge in [0, 0.05) is 23.3 Å². The van der Waals surface area contributed by atoms with Crippen molar-refractivity contribution in [3.05, 3.63) is 25.3 Å². The highest BCUT2D eigenvalue weighted by Gasteiger charge is 2.77. The molecule has 8 atom stereocenters. The number of alkyl halides is 1. The minimum atomic E-state index is -1.27. The molecule has 3 aliphatic rings. The lowest BCUT2D eigenvalue weighted by molar-refractivity contribution is -0.160. The molecule has 2 N–H and O–H groups in total. The first-order chi connectivity index (χ1) is 19.2. The van der Waals surface area contributed by atoms with Crippen LogP contribution in [-0.4, -0.2) is 98.6 Å². The number of aliphatic hydroxyl groups is 1. The van der Waals surface area contributed by atoms with E-state index in [1.807, 2.05) is 34.6 Å². The fourth-order valence-electron chi connectivity index (χ4n) is 6.46. The van der Waals surface area contributed by atoms with Crippen LogP contribution in [0, 0.1) is 17.8 Å². The fraction of sp³-hybridized carbons (Fsp3) is 0.733. The maximum Gasteiger partial charge on any atom is 0.312 e. The molecule has 11 heteroatoms. The van der Waals surface area contributed by atoms with Crippen LogP contribution in [0.25, 0.3) is 0 Å². The number of halogens is 1. The summed E-state index contributed by atoms with van der Waals surface area (Å²) in [6, 6.07) is -1.69. The van der Waals surface area contributed by atoms with Crippen molar-refractivity contribution in [2.75, 3.05) is 19.7 Å². The first kappa shape index (κ1) is 33.3. The van der Waals surface area contributed by atoms with Crippen molar-refractivity contribution in [3.63, 3.8) is 0 Å². The monoisotopic (exact) mass is 639 g/mol.